The van der Waals surface area contributed by atoms with Gasteiger partial charge in [0.05, 0.1) is 6.10 Å². The Morgan fingerprint density at radius 1 is 1.37 bits per heavy atom. The summed E-state index contributed by atoms with van der Waals surface area (Å²) in [7, 11) is 0. The minimum atomic E-state index is -0.299. The molecule has 0 amide bonds. The zero-order chi connectivity index (χ0) is 14.2. The summed E-state index contributed by atoms with van der Waals surface area (Å²) in [4.78, 5) is 11.1. The van der Waals surface area contributed by atoms with Crippen LogP contribution >= 0.6 is 0 Å². The number of nitrogens with two attached hydrogens (primary N) is 1. The second-order valence-electron chi connectivity index (χ2n) is 5.85. The van der Waals surface area contributed by atoms with Gasteiger partial charge in [0.25, 0.3) is 0 Å². The van der Waals surface area contributed by atoms with Crippen LogP contribution in [0, 0.1) is 12.8 Å². The van der Waals surface area contributed by atoms with Crippen molar-refractivity contribution in [1.29, 1.82) is 0 Å². The topological polar surface area (TPSA) is 75.3 Å². The molecule has 0 bridgehead atoms. The summed E-state index contributed by atoms with van der Waals surface area (Å²) in [5.74, 6) is 2.78. The third-order valence-corrected chi connectivity index (χ3v) is 3.91. The van der Waals surface area contributed by atoms with Gasteiger partial charge in [-0.25, -0.2) is 9.97 Å². The normalized spacial score (nSPS) is 24.0. The molecule has 0 aliphatic carbocycles. The van der Waals surface area contributed by atoms with Crippen molar-refractivity contribution in [3.05, 3.63) is 11.4 Å². The Kier molecular flexibility index (Phi) is 3.94. The molecule has 0 saturated carbocycles. The number of β-amino-alcohol motifs (C(OH)–C–C–N with tert-alkyl or cyclic N) is 1. The van der Waals surface area contributed by atoms with Gasteiger partial charge in [-0.3, -0.25) is 0 Å². The Bertz CT molecular complexity index is 461. The van der Waals surface area contributed by atoms with Gasteiger partial charge in [0, 0.05) is 24.6 Å². The van der Waals surface area contributed by atoms with Gasteiger partial charge in [0.1, 0.15) is 17.5 Å². The van der Waals surface area contributed by atoms with Crippen molar-refractivity contribution >= 4 is 11.6 Å². The quantitative estimate of drug-likeness (QED) is 0.850. The summed E-state index contributed by atoms with van der Waals surface area (Å²) in [5.41, 5.74) is 6.90. The highest BCUT2D eigenvalue weighted by atomic mass is 16.3. The summed E-state index contributed by atoms with van der Waals surface area (Å²) in [6.45, 7) is 9.67. The van der Waals surface area contributed by atoms with Crippen LogP contribution in [0.15, 0.2) is 0 Å². The van der Waals surface area contributed by atoms with E-state index in [9.17, 15) is 5.11 Å². The molecule has 2 heterocycles. The molecule has 1 aromatic heterocycles. The van der Waals surface area contributed by atoms with E-state index in [4.69, 9.17) is 5.73 Å². The maximum Gasteiger partial charge on any atom is 0.137 e. The van der Waals surface area contributed by atoms with E-state index in [-0.39, 0.29) is 12.0 Å². The summed E-state index contributed by atoms with van der Waals surface area (Å²) in [5, 5.41) is 10.0. The first-order valence-corrected chi connectivity index (χ1v) is 6.97. The molecule has 1 aromatic rings. The van der Waals surface area contributed by atoms with Crippen molar-refractivity contribution in [3.8, 4) is 0 Å². The van der Waals surface area contributed by atoms with Crippen LogP contribution in [0.2, 0.25) is 0 Å². The van der Waals surface area contributed by atoms with E-state index in [1.807, 2.05) is 6.92 Å². The van der Waals surface area contributed by atoms with E-state index in [1.165, 1.54) is 0 Å². The molecule has 1 fully saturated rings. The third kappa shape index (κ3) is 2.81. The molecular weight excluding hydrogens is 240 g/mol. The Balaban J connectivity index is 2.33. The van der Waals surface area contributed by atoms with Gasteiger partial charge < -0.3 is 15.7 Å². The molecule has 0 radical (unpaired) electrons. The molecule has 5 heteroatoms. The molecule has 2 atom stereocenters. The van der Waals surface area contributed by atoms with Crippen LogP contribution in [-0.4, -0.2) is 34.3 Å². The van der Waals surface area contributed by atoms with Crippen LogP contribution in [0.5, 0.6) is 0 Å². The number of anilines is 2. The molecule has 2 rings (SSSR count). The number of aromatic nitrogens is 2. The average Bonchev–Trinajstić information content (AvgIpc) is 2.35. The third-order valence-electron chi connectivity index (χ3n) is 3.91. The lowest BCUT2D eigenvalue weighted by molar-refractivity contribution is 0.102. The molecule has 106 valence electrons. The van der Waals surface area contributed by atoms with Crippen molar-refractivity contribution in [1.82, 2.24) is 9.97 Å². The first-order valence-electron chi connectivity index (χ1n) is 6.97. The maximum atomic E-state index is 10.0. The van der Waals surface area contributed by atoms with Crippen LogP contribution in [-0.2, 0) is 0 Å². The van der Waals surface area contributed by atoms with E-state index in [0.29, 0.717) is 18.3 Å². The van der Waals surface area contributed by atoms with Crippen molar-refractivity contribution in [3.63, 3.8) is 0 Å². The Morgan fingerprint density at radius 2 is 2.05 bits per heavy atom. The van der Waals surface area contributed by atoms with Gasteiger partial charge in [0.2, 0.25) is 0 Å². The lowest BCUT2D eigenvalue weighted by Gasteiger charge is -2.36. The first-order chi connectivity index (χ1) is 8.90. The average molecular weight is 264 g/mol. The zero-order valence-corrected chi connectivity index (χ0v) is 12.2. The minimum absolute atomic E-state index is 0.246. The largest absolute Gasteiger partial charge is 0.391 e. The lowest BCUT2D eigenvalue weighted by Crippen LogP contribution is -2.43. The van der Waals surface area contributed by atoms with E-state index < -0.39 is 0 Å². The Morgan fingerprint density at radius 3 is 2.63 bits per heavy atom. The van der Waals surface area contributed by atoms with E-state index in [2.05, 4.69) is 35.6 Å². The Labute approximate surface area is 114 Å². The zero-order valence-electron chi connectivity index (χ0n) is 12.2. The second kappa shape index (κ2) is 5.33. The van der Waals surface area contributed by atoms with Gasteiger partial charge in [0.15, 0.2) is 0 Å². The maximum absolute atomic E-state index is 10.0. The monoisotopic (exact) mass is 264 g/mol. The molecule has 0 spiro atoms. The summed E-state index contributed by atoms with van der Waals surface area (Å²) < 4.78 is 0. The molecule has 2 unspecified atom stereocenters. The number of hydrogen-bond acceptors (Lipinski definition) is 5. The molecule has 1 aliphatic heterocycles. The molecule has 1 aliphatic rings. The molecule has 3 N–H and O–H groups in total. The van der Waals surface area contributed by atoms with Gasteiger partial charge in [-0.1, -0.05) is 20.8 Å². The van der Waals surface area contributed by atoms with Crippen molar-refractivity contribution < 1.29 is 5.11 Å². The molecule has 5 nitrogen and oxygen atoms in total. The fraction of sp³-hybridized carbons (Fsp3) is 0.714. The predicted molar refractivity (Wildman–Crippen MR) is 77.3 cm³/mol. The number of nitrogens with zero attached hydrogens (tertiary/aromatic N) is 3. The van der Waals surface area contributed by atoms with Crippen molar-refractivity contribution in [2.24, 2.45) is 5.92 Å². The van der Waals surface area contributed by atoms with Crippen LogP contribution in [0.25, 0.3) is 0 Å². The van der Waals surface area contributed by atoms with Crippen LogP contribution in [0.4, 0.5) is 11.6 Å². The highest BCUT2D eigenvalue weighted by molar-refractivity contribution is 5.57. The standard InChI is InChI=1S/C14H24N4O/c1-8(2)13-16-12(15)10(4)14(17-13)18-6-5-9(3)11(19)7-18/h8-9,11,19H,5-7H2,1-4H3,(H2,15,16,17). The second-order valence-corrected chi connectivity index (χ2v) is 5.85. The van der Waals surface area contributed by atoms with Crippen molar-refractivity contribution in [2.75, 3.05) is 23.7 Å². The smallest absolute Gasteiger partial charge is 0.137 e. The Hall–Kier alpha value is -1.36. The molecular formula is C14H24N4O. The lowest BCUT2D eigenvalue weighted by atomic mass is 9.96. The number of nitrogen functional groups attached to an aromatic ring is 1. The van der Waals surface area contributed by atoms with Crippen LogP contribution in [0.3, 0.4) is 0 Å². The summed E-state index contributed by atoms with van der Waals surface area (Å²) in [6.07, 6.45) is 0.675. The molecule has 1 saturated heterocycles. The fourth-order valence-electron chi connectivity index (χ4n) is 2.35. The van der Waals surface area contributed by atoms with Gasteiger partial charge in [-0.05, 0) is 19.3 Å². The van der Waals surface area contributed by atoms with Crippen LogP contribution < -0.4 is 10.6 Å². The first kappa shape index (κ1) is 14.1. The molecule has 0 aromatic carbocycles. The number of aliphatic hydroxyl groups excluding tert-OH is 1. The number of aliphatic hydroxyl groups is 1. The van der Waals surface area contributed by atoms with Gasteiger partial charge in [-0.2, -0.15) is 0 Å². The number of hydrogen-bond donors (Lipinski definition) is 2. The minimum Gasteiger partial charge on any atom is -0.391 e. The van der Waals surface area contributed by atoms with Crippen LogP contribution in [0.1, 0.15) is 44.5 Å². The summed E-state index contributed by atoms with van der Waals surface area (Å²) in [6, 6.07) is 0. The van der Waals surface area contributed by atoms with E-state index in [0.717, 1.165) is 30.2 Å². The van der Waals surface area contributed by atoms with E-state index >= 15 is 0 Å². The highest BCUT2D eigenvalue weighted by Crippen LogP contribution is 2.28. The summed E-state index contributed by atoms with van der Waals surface area (Å²) >= 11 is 0. The molecule has 19 heavy (non-hydrogen) atoms. The highest BCUT2D eigenvalue weighted by Gasteiger charge is 2.27. The van der Waals surface area contributed by atoms with Gasteiger partial charge >= 0.3 is 0 Å². The van der Waals surface area contributed by atoms with E-state index in [1.54, 1.807) is 0 Å². The van der Waals surface area contributed by atoms with Crippen molar-refractivity contribution in [2.45, 2.75) is 46.1 Å². The SMILES string of the molecule is Cc1c(N)nc(C(C)C)nc1N1CCC(C)C(O)C1. The fourth-order valence-corrected chi connectivity index (χ4v) is 2.35. The van der Waals surface area contributed by atoms with Gasteiger partial charge in [-0.15, -0.1) is 0 Å². The number of piperidine rings is 1. The predicted octanol–water partition coefficient (Wildman–Crippen LogP) is 1.70. The number of rotatable bonds is 2.